The number of pyridine rings is 1. The van der Waals surface area contributed by atoms with Gasteiger partial charge in [-0.25, -0.2) is 0 Å². The number of aromatic nitrogens is 1. The van der Waals surface area contributed by atoms with Crippen LogP contribution in [0.4, 0.5) is 0 Å². The first-order valence-electron chi connectivity index (χ1n) is 6.96. The molecule has 21 heavy (non-hydrogen) atoms. The van der Waals surface area contributed by atoms with E-state index in [-0.39, 0.29) is 17.2 Å². The van der Waals surface area contributed by atoms with Crippen LogP contribution in [-0.2, 0) is 16.1 Å². The number of nitrogens with zero attached hydrogens (tertiary/aromatic N) is 2. The number of carbonyl (C=O) groups excluding carboxylic acids is 2. The Kier molecular flexibility index (Phi) is 4.66. The molecule has 0 radical (unpaired) electrons. The van der Waals surface area contributed by atoms with Crippen LogP contribution in [0, 0.1) is 5.41 Å². The van der Waals surface area contributed by atoms with E-state index < -0.39 is 6.04 Å². The first kappa shape index (κ1) is 15.9. The van der Waals surface area contributed by atoms with Crippen molar-refractivity contribution >= 4 is 27.7 Å². The predicted molar refractivity (Wildman–Crippen MR) is 83.4 cm³/mol. The van der Waals surface area contributed by atoms with Crippen molar-refractivity contribution in [2.45, 2.75) is 39.8 Å². The van der Waals surface area contributed by atoms with Crippen molar-refractivity contribution in [1.29, 1.82) is 0 Å². The zero-order chi connectivity index (χ0) is 15.6. The van der Waals surface area contributed by atoms with Crippen molar-refractivity contribution in [2.75, 3.05) is 6.54 Å². The number of hydrogen-bond acceptors (Lipinski definition) is 3. The van der Waals surface area contributed by atoms with Gasteiger partial charge in [-0.3, -0.25) is 14.6 Å². The molecule has 6 heteroatoms. The third kappa shape index (κ3) is 4.03. The molecule has 0 aliphatic carbocycles. The van der Waals surface area contributed by atoms with Crippen LogP contribution in [0.15, 0.2) is 22.8 Å². The fourth-order valence-corrected chi connectivity index (χ4v) is 2.50. The molecular formula is C15H20BrN3O2. The van der Waals surface area contributed by atoms with Crippen molar-refractivity contribution in [1.82, 2.24) is 15.2 Å². The van der Waals surface area contributed by atoms with Gasteiger partial charge in [0.1, 0.15) is 6.04 Å². The van der Waals surface area contributed by atoms with Crippen LogP contribution in [0.25, 0.3) is 0 Å². The van der Waals surface area contributed by atoms with Crippen LogP contribution in [0.1, 0.15) is 32.9 Å². The summed E-state index contributed by atoms with van der Waals surface area (Å²) < 4.78 is 0.901. The zero-order valence-corrected chi connectivity index (χ0v) is 14.1. The third-order valence-corrected chi connectivity index (χ3v) is 3.95. The van der Waals surface area contributed by atoms with Crippen LogP contribution in [0.2, 0.25) is 0 Å². The molecule has 1 atom stereocenters. The maximum Gasteiger partial charge on any atom is 0.246 e. The van der Waals surface area contributed by atoms with Crippen molar-refractivity contribution < 1.29 is 9.59 Å². The summed E-state index contributed by atoms with van der Waals surface area (Å²) in [4.78, 5) is 30.5. The molecule has 1 unspecified atom stereocenters. The Morgan fingerprint density at radius 3 is 2.67 bits per heavy atom. The molecule has 0 bridgehead atoms. The van der Waals surface area contributed by atoms with Gasteiger partial charge in [0.05, 0.1) is 12.2 Å². The second-order valence-electron chi connectivity index (χ2n) is 6.34. The standard InChI is InChI=1S/C15H20BrN3O2/c1-15(2,3)13-14(21)19(7-6-12(20)18-13)9-11-5-4-10(16)8-17-11/h4-5,8,13H,6-7,9H2,1-3H3,(H,18,20). The third-order valence-electron chi connectivity index (χ3n) is 3.48. The van der Waals surface area contributed by atoms with Gasteiger partial charge in [0.15, 0.2) is 0 Å². The van der Waals surface area contributed by atoms with Crippen molar-refractivity contribution in [3.63, 3.8) is 0 Å². The number of amides is 2. The minimum atomic E-state index is -0.497. The topological polar surface area (TPSA) is 62.3 Å². The van der Waals surface area contributed by atoms with E-state index in [1.54, 1.807) is 11.1 Å². The Balaban J connectivity index is 2.19. The molecule has 2 rings (SSSR count). The molecule has 114 valence electrons. The highest BCUT2D eigenvalue weighted by atomic mass is 79.9. The van der Waals surface area contributed by atoms with Gasteiger partial charge < -0.3 is 10.2 Å². The van der Waals surface area contributed by atoms with E-state index in [9.17, 15) is 9.59 Å². The molecule has 1 N–H and O–H groups in total. The maximum absolute atomic E-state index is 12.7. The monoisotopic (exact) mass is 353 g/mol. The first-order valence-corrected chi connectivity index (χ1v) is 7.75. The Morgan fingerprint density at radius 1 is 1.38 bits per heavy atom. The molecule has 1 aliphatic rings. The average Bonchev–Trinajstić information content (AvgIpc) is 2.54. The van der Waals surface area contributed by atoms with Crippen LogP contribution in [0.5, 0.6) is 0 Å². The lowest BCUT2D eigenvalue weighted by atomic mass is 9.86. The second-order valence-corrected chi connectivity index (χ2v) is 7.26. The van der Waals surface area contributed by atoms with E-state index >= 15 is 0 Å². The van der Waals surface area contributed by atoms with Gasteiger partial charge in [-0.1, -0.05) is 20.8 Å². The van der Waals surface area contributed by atoms with Gasteiger partial charge in [-0.2, -0.15) is 0 Å². The highest BCUT2D eigenvalue weighted by molar-refractivity contribution is 9.10. The summed E-state index contributed by atoms with van der Waals surface area (Å²) in [6.07, 6.45) is 2.04. The van der Waals surface area contributed by atoms with E-state index in [0.29, 0.717) is 19.5 Å². The van der Waals surface area contributed by atoms with E-state index in [4.69, 9.17) is 0 Å². The molecule has 0 saturated carbocycles. The molecule has 0 aromatic carbocycles. The van der Waals surface area contributed by atoms with Gasteiger partial charge >= 0.3 is 0 Å². The molecule has 5 nitrogen and oxygen atoms in total. The van der Waals surface area contributed by atoms with Crippen LogP contribution >= 0.6 is 15.9 Å². The summed E-state index contributed by atoms with van der Waals surface area (Å²) in [5, 5.41) is 2.84. The Bertz CT molecular complexity index is 537. The predicted octanol–water partition coefficient (Wildman–Crippen LogP) is 2.11. The lowest BCUT2D eigenvalue weighted by Crippen LogP contribution is -2.51. The van der Waals surface area contributed by atoms with E-state index in [1.807, 2.05) is 32.9 Å². The maximum atomic E-state index is 12.7. The molecule has 2 amide bonds. The van der Waals surface area contributed by atoms with E-state index in [2.05, 4.69) is 26.2 Å². The lowest BCUT2D eigenvalue weighted by Gasteiger charge is -2.32. The van der Waals surface area contributed by atoms with E-state index in [0.717, 1.165) is 10.2 Å². The zero-order valence-electron chi connectivity index (χ0n) is 12.5. The summed E-state index contributed by atoms with van der Waals surface area (Å²) >= 11 is 3.34. The molecule has 1 aliphatic heterocycles. The van der Waals surface area contributed by atoms with Gasteiger partial charge in [0.25, 0.3) is 0 Å². The lowest BCUT2D eigenvalue weighted by molar-refractivity contribution is -0.137. The highest BCUT2D eigenvalue weighted by Gasteiger charge is 2.37. The average molecular weight is 354 g/mol. The quantitative estimate of drug-likeness (QED) is 0.885. The molecule has 0 spiro atoms. The molecular weight excluding hydrogens is 334 g/mol. The fourth-order valence-electron chi connectivity index (χ4n) is 2.26. The minimum absolute atomic E-state index is 0.0435. The number of nitrogens with one attached hydrogen (secondary N) is 1. The Morgan fingerprint density at radius 2 is 2.10 bits per heavy atom. The van der Waals surface area contributed by atoms with Crippen LogP contribution < -0.4 is 5.32 Å². The van der Waals surface area contributed by atoms with Crippen molar-refractivity contribution in [3.8, 4) is 0 Å². The fraction of sp³-hybridized carbons (Fsp3) is 0.533. The van der Waals surface area contributed by atoms with Gasteiger partial charge in [0.2, 0.25) is 11.8 Å². The second kappa shape index (κ2) is 6.13. The number of rotatable bonds is 2. The Labute approximate surface area is 133 Å². The smallest absolute Gasteiger partial charge is 0.246 e. The largest absolute Gasteiger partial charge is 0.344 e. The van der Waals surface area contributed by atoms with Crippen LogP contribution in [0.3, 0.4) is 0 Å². The van der Waals surface area contributed by atoms with Crippen LogP contribution in [-0.4, -0.2) is 34.3 Å². The molecule has 1 saturated heterocycles. The summed E-state index contributed by atoms with van der Waals surface area (Å²) in [6, 6.07) is 3.28. The molecule has 1 fully saturated rings. The van der Waals surface area contributed by atoms with Crippen molar-refractivity contribution in [3.05, 3.63) is 28.5 Å². The van der Waals surface area contributed by atoms with Gasteiger partial charge in [-0.15, -0.1) is 0 Å². The normalized spacial score (nSPS) is 20.2. The molecule has 1 aromatic rings. The van der Waals surface area contributed by atoms with Gasteiger partial charge in [-0.05, 0) is 33.5 Å². The number of halogens is 1. The summed E-state index contributed by atoms with van der Waals surface area (Å²) in [7, 11) is 0. The number of hydrogen-bond donors (Lipinski definition) is 1. The van der Waals surface area contributed by atoms with Crippen molar-refractivity contribution in [2.24, 2.45) is 5.41 Å². The number of carbonyl (C=O) groups is 2. The van der Waals surface area contributed by atoms with E-state index in [1.165, 1.54) is 0 Å². The van der Waals surface area contributed by atoms with Gasteiger partial charge in [0, 0.05) is 23.6 Å². The SMILES string of the molecule is CC(C)(C)C1NC(=O)CCN(Cc2ccc(Br)cn2)C1=O. The minimum Gasteiger partial charge on any atom is -0.344 e. The molecule has 2 heterocycles. The summed E-state index contributed by atoms with van der Waals surface area (Å²) in [5.41, 5.74) is 0.496. The Hall–Kier alpha value is -1.43. The first-order chi connectivity index (χ1) is 9.77. The highest BCUT2D eigenvalue weighted by Crippen LogP contribution is 2.23. The summed E-state index contributed by atoms with van der Waals surface area (Å²) in [6.45, 7) is 6.72. The molecule has 1 aromatic heterocycles. The summed E-state index contributed by atoms with van der Waals surface area (Å²) in [5.74, 6) is -0.118.